The second-order valence-electron chi connectivity index (χ2n) is 7.16. The van der Waals surface area contributed by atoms with Crippen LogP contribution in [0.1, 0.15) is 35.6 Å². The van der Waals surface area contributed by atoms with Gasteiger partial charge in [-0.3, -0.25) is 9.69 Å². The van der Waals surface area contributed by atoms with Crippen LogP contribution in [0.15, 0.2) is 36.4 Å². The van der Waals surface area contributed by atoms with Gasteiger partial charge in [0.25, 0.3) is 0 Å². The lowest BCUT2D eigenvalue weighted by Crippen LogP contribution is -2.33. The fourth-order valence-corrected chi connectivity index (χ4v) is 3.88. The summed E-state index contributed by atoms with van der Waals surface area (Å²) < 4.78 is 10.6. The van der Waals surface area contributed by atoms with E-state index in [0.29, 0.717) is 29.8 Å². The number of hydrogen-bond acceptors (Lipinski definition) is 4. The molecule has 27 heavy (non-hydrogen) atoms. The van der Waals surface area contributed by atoms with Crippen molar-refractivity contribution in [2.24, 2.45) is 0 Å². The van der Waals surface area contributed by atoms with E-state index in [1.807, 2.05) is 6.07 Å². The topological polar surface area (TPSA) is 50.8 Å². The fraction of sp³-hybridized carbons (Fsp3) is 0.409. The van der Waals surface area contributed by atoms with Crippen molar-refractivity contribution in [3.05, 3.63) is 53.1 Å². The molecule has 1 amide bonds. The fourth-order valence-electron chi connectivity index (χ4n) is 3.88. The highest BCUT2D eigenvalue weighted by molar-refractivity contribution is 5.94. The molecule has 0 saturated carbocycles. The van der Waals surface area contributed by atoms with Gasteiger partial charge in [0.1, 0.15) is 11.5 Å². The highest BCUT2D eigenvalue weighted by atomic mass is 16.5. The van der Waals surface area contributed by atoms with Gasteiger partial charge in [-0.1, -0.05) is 29.3 Å². The number of aryl methyl sites for hydroxylation is 2. The van der Waals surface area contributed by atoms with Crippen LogP contribution in [0.3, 0.4) is 0 Å². The quantitative estimate of drug-likeness (QED) is 0.834. The Morgan fingerprint density at radius 2 is 1.85 bits per heavy atom. The lowest BCUT2D eigenvalue weighted by molar-refractivity contribution is -0.117. The molecule has 1 atom stereocenters. The summed E-state index contributed by atoms with van der Waals surface area (Å²) in [4.78, 5) is 15.0. The Hall–Kier alpha value is -2.53. The van der Waals surface area contributed by atoms with Gasteiger partial charge in [-0.2, -0.15) is 0 Å². The Kier molecular flexibility index (Phi) is 6.01. The lowest BCUT2D eigenvalue weighted by atomic mass is 9.99. The van der Waals surface area contributed by atoms with E-state index in [0.717, 1.165) is 19.4 Å². The summed E-state index contributed by atoms with van der Waals surface area (Å²) in [6, 6.07) is 12.3. The second-order valence-corrected chi connectivity index (χ2v) is 7.16. The van der Waals surface area contributed by atoms with Gasteiger partial charge in [0.05, 0.1) is 26.5 Å². The van der Waals surface area contributed by atoms with E-state index >= 15 is 0 Å². The zero-order valence-electron chi connectivity index (χ0n) is 16.5. The van der Waals surface area contributed by atoms with Gasteiger partial charge in [-0.25, -0.2) is 0 Å². The van der Waals surface area contributed by atoms with E-state index in [1.54, 1.807) is 26.4 Å². The predicted molar refractivity (Wildman–Crippen MR) is 108 cm³/mol. The van der Waals surface area contributed by atoms with Crippen LogP contribution in [0.4, 0.5) is 5.69 Å². The summed E-state index contributed by atoms with van der Waals surface area (Å²) in [6.45, 7) is 5.54. The average Bonchev–Trinajstić information content (AvgIpc) is 3.08. The summed E-state index contributed by atoms with van der Waals surface area (Å²) in [5.41, 5.74) is 4.46. The number of carbonyl (C=O) groups is 1. The van der Waals surface area contributed by atoms with Crippen LogP contribution >= 0.6 is 0 Å². The lowest BCUT2D eigenvalue weighted by Gasteiger charge is -2.25. The molecule has 0 spiro atoms. The van der Waals surface area contributed by atoms with Crippen LogP contribution in [0.2, 0.25) is 0 Å². The minimum Gasteiger partial charge on any atom is -0.497 e. The number of anilines is 1. The number of ether oxygens (including phenoxy) is 2. The summed E-state index contributed by atoms with van der Waals surface area (Å²) in [5, 5.41) is 2.97. The minimum atomic E-state index is -0.0437. The van der Waals surface area contributed by atoms with Gasteiger partial charge in [0.2, 0.25) is 5.91 Å². The first-order chi connectivity index (χ1) is 13.0. The molecular formula is C22H28N2O3. The first-order valence-corrected chi connectivity index (χ1v) is 9.34. The summed E-state index contributed by atoms with van der Waals surface area (Å²) in [6.07, 6.45) is 2.19. The smallest absolute Gasteiger partial charge is 0.238 e. The highest BCUT2D eigenvalue weighted by Gasteiger charge is 2.28. The normalized spacial score (nSPS) is 17.0. The van der Waals surface area contributed by atoms with Crippen LogP contribution in [0, 0.1) is 13.8 Å². The summed E-state index contributed by atoms with van der Waals surface area (Å²) in [5.74, 6) is 1.26. The van der Waals surface area contributed by atoms with Gasteiger partial charge < -0.3 is 14.8 Å². The molecule has 2 aromatic carbocycles. The molecule has 1 saturated heterocycles. The third-order valence-corrected chi connectivity index (χ3v) is 5.02. The predicted octanol–water partition coefficient (Wildman–Crippen LogP) is 4.10. The van der Waals surface area contributed by atoms with Crippen LogP contribution in [-0.2, 0) is 4.79 Å². The Balaban J connectivity index is 1.72. The van der Waals surface area contributed by atoms with E-state index in [4.69, 9.17) is 9.47 Å². The number of likely N-dealkylation sites (tertiary alicyclic amines) is 1. The number of benzene rings is 2. The summed E-state index contributed by atoms with van der Waals surface area (Å²) in [7, 11) is 3.19. The minimum absolute atomic E-state index is 0.0437. The largest absolute Gasteiger partial charge is 0.497 e. The molecule has 0 bridgehead atoms. The first kappa shape index (κ1) is 19.2. The Labute approximate surface area is 161 Å². The Morgan fingerprint density at radius 1 is 1.11 bits per heavy atom. The van der Waals surface area contributed by atoms with E-state index < -0.39 is 0 Å². The zero-order valence-corrected chi connectivity index (χ0v) is 16.5. The first-order valence-electron chi connectivity index (χ1n) is 9.34. The number of carbonyl (C=O) groups excluding carboxylic acids is 1. The number of rotatable bonds is 6. The molecular weight excluding hydrogens is 340 g/mol. The van der Waals surface area contributed by atoms with Crippen molar-refractivity contribution in [2.45, 2.75) is 32.7 Å². The second kappa shape index (κ2) is 8.44. The highest BCUT2D eigenvalue weighted by Crippen LogP contribution is 2.33. The molecule has 2 aromatic rings. The molecule has 1 aliphatic rings. The molecule has 1 N–H and O–H groups in total. The third kappa shape index (κ3) is 4.61. The number of nitrogens with one attached hydrogen (secondary N) is 1. The van der Waals surface area contributed by atoms with E-state index in [2.05, 4.69) is 42.3 Å². The Morgan fingerprint density at radius 3 is 2.52 bits per heavy atom. The number of hydrogen-bond donors (Lipinski definition) is 1. The van der Waals surface area contributed by atoms with Crippen molar-refractivity contribution in [2.75, 3.05) is 32.6 Å². The van der Waals surface area contributed by atoms with Crippen molar-refractivity contribution in [1.82, 2.24) is 4.90 Å². The number of methoxy groups -OCH3 is 2. The monoisotopic (exact) mass is 368 g/mol. The molecule has 1 heterocycles. The zero-order chi connectivity index (χ0) is 19.4. The van der Waals surface area contributed by atoms with Crippen LogP contribution < -0.4 is 14.8 Å². The van der Waals surface area contributed by atoms with Crippen LogP contribution in [0.5, 0.6) is 11.5 Å². The molecule has 1 fully saturated rings. The van der Waals surface area contributed by atoms with Crippen molar-refractivity contribution in [1.29, 1.82) is 0 Å². The number of nitrogens with zero attached hydrogens (tertiary/aromatic N) is 1. The molecule has 5 nitrogen and oxygen atoms in total. The molecule has 1 unspecified atom stereocenters. The molecule has 1 aliphatic heterocycles. The van der Waals surface area contributed by atoms with Gasteiger partial charge >= 0.3 is 0 Å². The molecule has 144 valence electrons. The molecule has 0 aromatic heterocycles. The maximum absolute atomic E-state index is 12.7. The van der Waals surface area contributed by atoms with Crippen molar-refractivity contribution < 1.29 is 14.3 Å². The van der Waals surface area contributed by atoms with E-state index in [-0.39, 0.29) is 5.91 Å². The van der Waals surface area contributed by atoms with Crippen molar-refractivity contribution in [3.63, 3.8) is 0 Å². The molecule has 3 rings (SSSR count). The van der Waals surface area contributed by atoms with E-state index in [9.17, 15) is 4.79 Å². The third-order valence-electron chi connectivity index (χ3n) is 5.02. The average molecular weight is 368 g/mol. The van der Waals surface area contributed by atoms with Gasteiger partial charge in [-0.15, -0.1) is 0 Å². The van der Waals surface area contributed by atoms with Gasteiger partial charge in [0.15, 0.2) is 0 Å². The van der Waals surface area contributed by atoms with Gasteiger partial charge in [-0.05, 0) is 50.9 Å². The number of amides is 1. The summed E-state index contributed by atoms with van der Waals surface area (Å²) >= 11 is 0. The van der Waals surface area contributed by atoms with Gasteiger partial charge in [0, 0.05) is 12.1 Å². The molecule has 5 heteroatoms. The maximum atomic E-state index is 12.7. The maximum Gasteiger partial charge on any atom is 0.238 e. The SMILES string of the molecule is COc1ccc(OC)c(NC(=O)CN2CCCC2c2cc(C)cc(C)c2)c1. The standard InChI is InChI=1S/C22H28N2O3/c1-15-10-16(2)12-17(11-15)20-6-5-9-24(20)14-22(25)23-19-13-18(26-3)7-8-21(19)27-4/h7-8,10-13,20H,5-6,9,14H2,1-4H3,(H,23,25). The van der Waals surface area contributed by atoms with E-state index in [1.165, 1.54) is 16.7 Å². The molecule has 0 radical (unpaired) electrons. The van der Waals surface area contributed by atoms with Crippen molar-refractivity contribution >= 4 is 11.6 Å². The molecule has 0 aliphatic carbocycles. The van der Waals surface area contributed by atoms with Crippen LogP contribution in [-0.4, -0.2) is 38.1 Å². The van der Waals surface area contributed by atoms with Crippen molar-refractivity contribution in [3.8, 4) is 11.5 Å². The van der Waals surface area contributed by atoms with Crippen LogP contribution in [0.25, 0.3) is 0 Å². The Bertz CT molecular complexity index is 799.